The summed E-state index contributed by atoms with van der Waals surface area (Å²) in [7, 11) is 0. The largest absolute Gasteiger partial charge is 0.388 e. The molecule has 1 aromatic heterocycles. The summed E-state index contributed by atoms with van der Waals surface area (Å²) < 4.78 is 1.83. The molecule has 0 aliphatic carbocycles. The number of nitrogens with one attached hydrogen (secondary N) is 2. The average molecular weight is 345 g/mol. The summed E-state index contributed by atoms with van der Waals surface area (Å²) in [6.07, 6.45) is 1.19. The molecule has 7 heteroatoms. The van der Waals surface area contributed by atoms with Crippen molar-refractivity contribution in [3.8, 4) is 0 Å². The maximum absolute atomic E-state index is 12.1. The lowest BCUT2D eigenvalue weighted by molar-refractivity contribution is 0.0354. The van der Waals surface area contributed by atoms with Gasteiger partial charge in [-0.1, -0.05) is 26.0 Å². The van der Waals surface area contributed by atoms with E-state index >= 15 is 0 Å². The molecular weight excluding hydrogens is 318 g/mol. The molecule has 1 aromatic carbocycles. The number of carbonyl (C=O) groups is 1. The number of benzene rings is 1. The second kappa shape index (κ2) is 8.11. The minimum absolute atomic E-state index is 0.225. The van der Waals surface area contributed by atoms with Crippen LogP contribution in [0.3, 0.4) is 0 Å². The standard InChI is InChI=1S/C18H27N5O2/c1-5-18(25,6-2)12-19-17(24)21-16-9-7-8-15(10-16)11-23-14(4)20-13(3)22-23/h7-10,25H,5-6,11-12H2,1-4H3,(H2,19,21,24). The first-order chi connectivity index (χ1) is 11.8. The summed E-state index contributed by atoms with van der Waals surface area (Å²) in [6, 6.07) is 7.27. The third-order valence-electron chi connectivity index (χ3n) is 4.37. The van der Waals surface area contributed by atoms with Gasteiger partial charge in [-0.2, -0.15) is 5.10 Å². The Balaban J connectivity index is 1.97. The molecule has 0 fully saturated rings. The molecule has 0 aliphatic heterocycles. The molecule has 0 saturated carbocycles. The van der Waals surface area contributed by atoms with Gasteiger partial charge in [0.15, 0.2) is 0 Å². The van der Waals surface area contributed by atoms with Crippen molar-refractivity contribution in [2.45, 2.75) is 52.7 Å². The van der Waals surface area contributed by atoms with Gasteiger partial charge in [-0.05, 0) is 44.4 Å². The van der Waals surface area contributed by atoms with Crippen molar-refractivity contribution in [1.82, 2.24) is 20.1 Å². The minimum atomic E-state index is -0.859. The number of hydrogen-bond donors (Lipinski definition) is 3. The zero-order valence-corrected chi connectivity index (χ0v) is 15.3. The molecule has 0 saturated heterocycles. The van der Waals surface area contributed by atoms with Gasteiger partial charge in [-0.25, -0.2) is 14.5 Å². The van der Waals surface area contributed by atoms with E-state index in [1.54, 1.807) is 0 Å². The van der Waals surface area contributed by atoms with Crippen molar-refractivity contribution in [1.29, 1.82) is 0 Å². The van der Waals surface area contributed by atoms with Crippen molar-refractivity contribution >= 4 is 11.7 Å². The molecule has 136 valence electrons. The van der Waals surface area contributed by atoms with E-state index in [1.807, 2.05) is 56.6 Å². The minimum Gasteiger partial charge on any atom is -0.388 e. The van der Waals surface area contributed by atoms with Crippen LogP contribution in [0.5, 0.6) is 0 Å². The number of hydrogen-bond acceptors (Lipinski definition) is 4. The first-order valence-electron chi connectivity index (χ1n) is 8.59. The average Bonchev–Trinajstić information content (AvgIpc) is 2.90. The highest BCUT2D eigenvalue weighted by Gasteiger charge is 2.22. The van der Waals surface area contributed by atoms with Crippen LogP contribution >= 0.6 is 0 Å². The lowest BCUT2D eigenvalue weighted by Crippen LogP contribution is -2.43. The van der Waals surface area contributed by atoms with Crippen molar-refractivity contribution in [2.75, 3.05) is 11.9 Å². The van der Waals surface area contributed by atoms with Crippen LogP contribution in [0.25, 0.3) is 0 Å². The Morgan fingerprint density at radius 3 is 2.60 bits per heavy atom. The summed E-state index contributed by atoms with van der Waals surface area (Å²) >= 11 is 0. The topological polar surface area (TPSA) is 92.1 Å². The van der Waals surface area contributed by atoms with E-state index in [2.05, 4.69) is 20.7 Å². The van der Waals surface area contributed by atoms with Gasteiger partial charge < -0.3 is 15.7 Å². The van der Waals surface area contributed by atoms with Gasteiger partial charge in [0.05, 0.1) is 12.1 Å². The van der Waals surface area contributed by atoms with Gasteiger partial charge in [-0.15, -0.1) is 0 Å². The van der Waals surface area contributed by atoms with Gasteiger partial charge in [0.2, 0.25) is 0 Å². The van der Waals surface area contributed by atoms with Crippen molar-refractivity contribution in [3.63, 3.8) is 0 Å². The molecule has 2 aromatic rings. The van der Waals surface area contributed by atoms with Gasteiger partial charge in [0.1, 0.15) is 11.6 Å². The highest BCUT2D eigenvalue weighted by atomic mass is 16.3. The number of anilines is 1. The number of carbonyl (C=O) groups excluding carboxylic acids is 1. The Kier molecular flexibility index (Phi) is 6.14. The van der Waals surface area contributed by atoms with E-state index in [1.165, 1.54) is 0 Å². The lowest BCUT2D eigenvalue weighted by atomic mass is 9.98. The molecule has 3 N–H and O–H groups in total. The van der Waals surface area contributed by atoms with Crippen LogP contribution in [0.1, 0.15) is 43.9 Å². The molecule has 25 heavy (non-hydrogen) atoms. The number of aryl methyl sites for hydroxylation is 2. The van der Waals surface area contributed by atoms with E-state index in [4.69, 9.17) is 0 Å². The fourth-order valence-corrected chi connectivity index (χ4v) is 2.55. The summed E-state index contributed by atoms with van der Waals surface area (Å²) in [5.41, 5.74) is 0.854. The molecule has 2 rings (SSSR count). The van der Waals surface area contributed by atoms with Gasteiger partial charge in [0, 0.05) is 12.2 Å². The molecule has 2 amide bonds. The Morgan fingerprint density at radius 1 is 1.28 bits per heavy atom. The SMILES string of the molecule is CCC(O)(CC)CNC(=O)Nc1cccc(Cn2nc(C)nc2C)c1. The predicted molar refractivity (Wildman–Crippen MR) is 97.6 cm³/mol. The number of nitrogens with zero attached hydrogens (tertiary/aromatic N) is 3. The molecule has 0 spiro atoms. The Bertz CT molecular complexity index is 722. The number of amides is 2. The fraction of sp³-hybridized carbons (Fsp3) is 0.500. The van der Waals surface area contributed by atoms with Crippen LogP contribution in [-0.2, 0) is 6.54 Å². The van der Waals surface area contributed by atoms with E-state index < -0.39 is 5.60 Å². The summed E-state index contributed by atoms with van der Waals surface area (Å²) in [4.78, 5) is 16.3. The van der Waals surface area contributed by atoms with E-state index in [9.17, 15) is 9.90 Å². The van der Waals surface area contributed by atoms with Crippen LogP contribution in [0, 0.1) is 13.8 Å². The molecule has 0 atom stereocenters. The third kappa shape index (κ3) is 5.29. The van der Waals surface area contributed by atoms with Crippen LogP contribution in [0.2, 0.25) is 0 Å². The molecule has 0 unspecified atom stereocenters. The van der Waals surface area contributed by atoms with E-state index in [-0.39, 0.29) is 12.6 Å². The quantitative estimate of drug-likeness (QED) is 0.719. The number of aliphatic hydroxyl groups is 1. The van der Waals surface area contributed by atoms with Gasteiger partial charge in [-0.3, -0.25) is 0 Å². The molecule has 0 aliphatic rings. The summed E-state index contributed by atoms with van der Waals surface area (Å²) in [6.45, 7) is 8.40. The van der Waals surface area contributed by atoms with E-state index in [0.29, 0.717) is 25.1 Å². The number of aromatic nitrogens is 3. The first kappa shape index (κ1) is 18.9. The molecule has 7 nitrogen and oxygen atoms in total. The Hall–Kier alpha value is -2.41. The normalized spacial score (nSPS) is 11.4. The summed E-state index contributed by atoms with van der Waals surface area (Å²) in [5, 5.41) is 20.1. The lowest BCUT2D eigenvalue weighted by Gasteiger charge is -2.25. The summed E-state index contributed by atoms with van der Waals surface area (Å²) in [5.74, 6) is 1.59. The number of rotatable bonds is 7. The zero-order valence-electron chi connectivity index (χ0n) is 15.3. The van der Waals surface area contributed by atoms with Crippen molar-refractivity contribution in [2.24, 2.45) is 0 Å². The zero-order chi connectivity index (χ0) is 18.4. The monoisotopic (exact) mass is 345 g/mol. The van der Waals surface area contributed by atoms with Gasteiger partial charge in [0.25, 0.3) is 0 Å². The second-order valence-electron chi connectivity index (χ2n) is 6.30. The predicted octanol–water partition coefficient (Wildman–Crippen LogP) is 2.62. The van der Waals surface area contributed by atoms with Gasteiger partial charge >= 0.3 is 6.03 Å². The maximum atomic E-state index is 12.1. The second-order valence-corrected chi connectivity index (χ2v) is 6.30. The third-order valence-corrected chi connectivity index (χ3v) is 4.37. The smallest absolute Gasteiger partial charge is 0.319 e. The van der Waals surface area contributed by atoms with Crippen LogP contribution in [0.4, 0.5) is 10.5 Å². The molecule has 0 bridgehead atoms. The molecular formula is C18H27N5O2. The van der Waals surface area contributed by atoms with Crippen molar-refractivity contribution in [3.05, 3.63) is 41.5 Å². The Labute approximate surface area is 148 Å². The molecule has 0 radical (unpaired) electrons. The highest BCUT2D eigenvalue weighted by molar-refractivity contribution is 5.89. The first-order valence-corrected chi connectivity index (χ1v) is 8.59. The van der Waals surface area contributed by atoms with E-state index in [0.717, 1.165) is 17.2 Å². The van der Waals surface area contributed by atoms with Crippen LogP contribution < -0.4 is 10.6 Å². The Morgan fingerprint density at radius 2 is 2.00 bits per heavy atom. The van der Waals surface area contributed by atoms with Crippen molar-refractivity contribution < 1.29 is 9.90 Å². The van der Waals surface area contributed by atoms with Crippen LogP contribution in [0.15, 0.2) is 24.3 Å². The van der Waals surface area contributed by atoms with Crippen LogP contribution in [-0.4, -0.2) is 38.0 Å². The maximum Gasteiger partial charge on any atom is 0.319 e. The number of urea groups is 1. The fourth-order valence-electron chi connectivity index (χ4n) is 2.55. The molecule has 1 heterocycles. The highest BCUT2D eigenvalue weighted by Crippen LogP contribution is 2.14.